The molecule has 0 aliphatic carbocycles. The van der Waals surface area contributed by atoms with Crippen molar-refractivity contribution in [3.8, 4) is 0 Å². The van der Waals surface area contributed by atoms with E-state index in [9.17, 15) is 9.59 Å². The Kier molecular flexibility index (Phi) is 4.97. The maximum absolute atomic E-state index is 13.1. The van der Waals surface area contributed by atoms with Crippen molar-refractivity contribution >= 4 is 37.4 Å². The second-order valence-electron chi connectivity index (χ2n) is 7.15. The maximum atomic E-state index is 13.1. The molecule has 1 N–H and O–H groups in total. The molecule has 3 aromatic rings. The molecule has 1 aliphatic rings. The number of nitrogens with zero attached hydrogens (tertiary/aromatic N) is 3. The third-order valence-corrected chi connectivity index (χ3v) is 6.56. The number of carbonyl (C=O) groups excluding carboxylic acids is 1. The zero-order valence-electron chi connectivity index (χ0n) is 15.7. The van der Waals surface area contributed by atoms with Gasteiger partial charge in [-0.2, -0.15) is 5.10 Å². The van der Waals surface area contributed by atoms with E-state index in [1.54, 1.807) is 18.3 Å². The molecule has 0 radical (unpaired) electrons. The highest BCUT2D eigenvalue weighted by molar-refractivity contribution is 7.26. The van der Waals surface area contributed by atoms with Crippen LogP contribution in [0.15, 0.2) is 29.1 Å². The molecule has 0 saturated carbocycles. The number of nitrogens with one attached hydrogen (secondary N) is 1. The SMILES string of the molecule is Cc1nn([C@@H](C)C(=O)NCCN2CCCC2)c(=O)c2c1sc1ccccc12. The Labute approximate surface area is 161 Å². The highest BCUT2D eigenvalue weighted by Crippen LogP contribution is 2.32. The molecule has 6 nitrogen and oxygen atoms in total. The Bertz CT molecular complexity index is 1050. The Balaban J connectivity index is 1.60. The van der Waals surface area contributed by atoms with Gasteiger partial charge in [-0.15, -0.1) is 11.3 Å². The molecule has 0 unspecified atom stereocenters. The minimum Gasteiger partial charge on any atom is -0.353 e. The zero-order valence-corrected chi connectivity index (χ0v) is 16.5. The van der Waals surface area contributed by atoms with Crippen molar-refractivity contribution in [2.75, 3.05) is 26.2 Å². The molecule has 142 valence electrons. The minimum absolute atomic E-state index is 0.165. The van der Waals surface area contributed by atoms with E-state index in [2.05, 4.69) is 15.3 Å². The lowest BCUT2D eigenvalue weighted by atomic mass is 10.2. The zero-order chi connectivity index (χ0) is 19.0. The highest BCUT2D eigenvalue weighted by atomic mass is 32.1. The predicted molar refractivity (Wildman–Crippen MR) is 110 cm³/mol. The third-order valence-electron chi connectivity index (χ3n) is 5.28. The molecule has 1 aromatic carbocycles. The van der Waals surface area contributed by atoms with Crippen molar-refractivity contribution < 1.29 is 4.79 Å². The number of likely N-dealkylation sites (tertiary alicyclic amines) is 1. The number of fused-ring (bicyclic) bond motifs is 3. The van der Waals surface area contributed by atoms with Crippen LogP contribution in [0.25, 0.3) is 20.2 Å². The van der Waals surface area contributed by atoms with Gasteiger partial charge in [0.1, 0.15) is 6.04 Å². The molecular weight excluding hydrogens is 360 g/mol. The van der Waals surface area contributed by atoms with Gasteiger partial charge in [0.2, 0.25) is 5.91 Å². The van der Waals surface area contributed by atoms with Gasteiger partial charge in [-0.3, -0.25) is 9.59 Å². The van der Waals surface area contributed by atoms with Crippen LogP contribution in [-0.2, 0) is 4.79 Å². The van der Waals surface area contributed by atoms with Crippen molar-refractivity contribution in [3.05, 3.63) is 40.3 Å². The molecule has 3 heterocycles. The Morgan fingerprint density at radius 1 is 1.30 bits per heavy atom. The highest BCUT2D eigenvalue weighted by Gasteiger charge is 2.22. The van der Waals surface area contributed by atoms with E-state index >= 15 is 0 Å². The number of carbonyl (C=O) groups is 1. The summed E-state index contributed by atoms with van der Waals surface area (Å²) < 4.78 is 3.30. The fourth-order valence-electron chi connectivity index (χ4n) is 3.74. The van der Waals surface area contributed by atoms with Crippen molar-refractivity contribution in [1.82, 2.24) is 20.0 Å². The van der Waals surface area contributed by atoms with Crippen molar-refractivity contribution in [2.24, 2.45) is 0 Å². The van der Waals surface area contributed by atoms with E-state index < -0.39 is 6.04 Å². The Morgan fingerprint density at radius 3 is 2.81 bits per heavy atom. The summed E-state index contributed by atoms with van der Waals surface area (Å²) in [5.74, 6) is -0.165. The van der Waals surface area contributed by atoms with Crippen molar-refractivity contribution in [1.29, 1.82) is 0 Å². The molecule has 7 heteroatoms. The first kappa shape index (κ1) is 18.1. The third kappa shape index (κ3) is 3.37. The van der Waals surface area contributed by atoms with Gasteiger partial charge in [0.25, 0.3) is 5.56 Å². The number of thiophene rings is 1. The summed E-state index contributed by atoms with van der Waals surface area (Å²) in [6.45, 7) is 7.29. The van der Waals surface area contributed by atoms with Crippen LogP contribution in [0.4, 0.5) is 0 Å². The first-order valence-corrected chi connectivity index (χ1v) is 10.3. The number of amides is 1. The molecule has 1 fully saturated rings. The largest absolute Gasteiger partial charge is 0.353 e. The van der Waals surface area contributed by atoms with Crippen LogP contribution in [0.2, 0.25) is 0 Å². The van der Waals surface area contributed by atoms with Gasteiger partial charge in [0.05, 0.1) is 15.8 Å². The summed E-state index contributed by atoms with van der Waals surface area (Å²) in [5.41, 5.74) is 0.581. The fourth-order valence-corrected chi connectivity index (χ4v) is 4.88. The van der Waals surface area contributed by atoms with Crippen LogP contribution in [0.5, 0.6) is 0 Å². The summed E-state index contributed by atoms with van der Waals surface area (Å²) in [7, 11) is 0. The molecule has 1 amide bonds. The van der Waals surface area contributed by atoms with Crippen LogP contribution in [-0.4, -0.2) is 46.8 Å². The number of rotatable bonds is 5. The maximum Gasteiger partial charge on any atom is 0.276 e. The van der Waals surface area contributed by atoms with Gasteiger partial charge in [-0.1, -0.05) is 18.2 Å². The fraction of sp³-hybridized carbons (Fsp3) is 0.450. The van der Waals surface area contributed by atoms with Gasteiger partial charge < -0.3 is 10.2 Å². The quantitative estimate of drug-likeness (QED) is 0.734. The van der Waals surface area contributed by atoms with Crippen LogP contribution < -0.4 is 10.9 Å². The number of hydrogen-bond donors (Lipinski definition) is 1. The van der Waals surface area contributed by atoms with Crippen LogP contribution >= 0.6 is 11.3 Å². The summed E-state index contributed by atoms with van der Waals surface area (Å²) >= 11 is 1.58. The van der Waals surface area contributed by atoms with Gasteiger partial charge >= 0.3 is 0 Å². The second-order valence-corrected chi connectivity index (χ2v) is 8.21. The molecule has 0 spiro atoms. The molecule has 4 rings (SSSR count). The number of benzene rings is 1. The van der Waals surface area contributed by atoms with Crippen molar-refractivity contribution in [3.63, 3.8) is 0 Å². The molecule has 2 aromatic heterocycles. The Hall–Kier alpha value is -2.25. The van der Waals surface area contributed by atoms with E-state index in [1.165, 1.54) is 17.5 Å². The van der Waals surface area contributed by atoms with E-state index in [1.807, 2.05) is 31.2 Å². The average molecular weight is 385 g/mol. The minimum atomic E-state index is -0.641. The summed E-state index contributed by atoms with van der Waals surface area (Å²) in [6, 6.07) is 7.23. The van der Waals surface area contributed by atoms with Gasteiger partial charge in [-0.05, 0) is 45.8 Å². The van der Waals surface area contributed by atoms with Crippen molar-refractivity contribution in [2.45, 2.75) is 32.7 Å². The monoisotopic (exact) mass is 384 g/mol. The molecule has 1 saturated heterocycles. The van der Waals surface area contributed by atoms with E-state index in [-0.39, 0.29) is 11.5 Å². The number of aryl methyl sites for hydroxylation is 1. The number of hydrogen-bond acceptors (Lipinski definition) is 5. The lowest BCUT2D eigenvalue weighted by Gasteiger charge is -2.18. The topological polar surface area (TPSA) is 67.2 Å². The van der Waals surface area contributed by atoms with E-state index in [0.29, 0.717) is 11.9 Å². The Morgan fingerprint density at radius 2 is 2.04 bits per heavy atom. The van der Waals surface area contributed by atoms with Gasteiger partial charge in [-0.25, -0.2) is 4.68 Å². The normalized spacial score (nSPS) is 16.2. The summed E-state index contributed by atoms with van der Waals surface area (Å²) in [5, 5.41) is 9.00. The summed E-state index contributed by atoms with van der Waals surface area (Å²) in [4.78, 5) is 28.0. The first-order valence-electron chi connectivity index (χ1n) is 9.47. The lowest BCUT2D eigenvalue weighted by molar-refractivity contribution is -0.124. The van der Waals surface area contributed by atoms with Crippen LogP contribution in [0.3, 0.4) is 0 Å². The molecular formula is C20H24N4O2S. The van der Waals surface area contributed by atoms with Gasteiger partial charge in [0.15, 0.2) is 0 Å². The van der Waals surface area contributed by atoms with Crippen LogP contribution in [0.1, 0.15) is 31.5 Å². The molecule has 1 atom stereocenters. The molecule has 0 bridgehead atoms. The molecule has 27 heavy (non-hydrogen) atoms. The van der Waals surface area contributed by atoms with E-state index in [0.717, 1.165) is 40.1 Å². The van der Waals surface area contributed by atoms with Crippen LogP contribution in [0, 0.1) is 6.92 Å². The van der Waals surface area contributed by atoms with Gasteiger partial charge in [0, 0.05) is 23.2 Å². The smallest absolute Gasteiger partial charge is 0.276 e. The first-order chi connectivity index (χ1) is 13.1. The van der Waals surface area contributed by atoms with E-state index in [4.69, 9.17) is 0 Å². The predicted octanol–water partition coefficient (Wildman–Crippen LogP) is 2.69. The summed E-state index contributed by atoms with van der Waals surface area (Å²) in [6.07, 6.45) is 2.47. The number of aromatic nitrogens is 2. The molecule has 1 aliphatic heterocycles. The average Bonchev–Trinajstić information content (AvgIpc) is 3.31. The second kappa shape index (κ2) is 7.40. The standard InChI is InChI=1S/C20H24N4O2S/c1-13-18-17(15-7-3-4-8-16(15)27-18)20(26)24(22-13)14(2)19(25)21-9-12-23-10-5-6-11-23/h3-4,7-8,14H,5-6,9-12H2,1-2H3,(H,21,25)/t14-/m0/s1. The lowest BCUT2D eigenvalue weighted by Crippen LogP contribution is -2.40.